The number of hydrogen-bond acceptors (Lipinski definition) is 5. The molecule has 6 nitrogen and oxygen atoms in total. The van der Waals surface area contributed by atoms with Crippen LogP contribution >= 0.6 is 0 Å². The van der Waals surface area contributed by atoms with Gasteiger partial charge >= 0.3 is 0 Å². The number of amides is 1. The van der Waals surface area contributed by atoms with Crippen molar-refractivity contribution >= 4 is 5.91 Å². The van der Waals surface area contributed by atoms with Gasteiger partial charge in [-0.1, -0.05) is 18.1 Å². The van der Waals surface area contributed by atoms with E-state index in [9.17, 15) is 9.90 Å². The largest absolute Gasteiger partial charge is 0.497 e. The van der Waals surface area contributed by atoms with Gasteiger partial charge in [-0.05, 0) is 44.0 Å². The van der Waals surface area contributed by atoms with E-state index in [-0.39, 0.29) is 12.0 Å². The first-order valence-corrected chi connectivity index (χ1v) is 8.89. The topological polar surface area (TPSA) is 71.0 Å². The van der Waals surface area contributed by atoms with Gasteiger partial charge in [0, 0.05) is 13.1 Å². The average molecular weight is 360 g/mol. The fraction of sp³-hybridized carbons (Fsp3) is 0.550. The Labute approximate surface area is 155 Å². The first kappa shape index (κ1) is 20.2. The Hall–Kier alpha value is -2.07. The summed E-state index contributed by atoms with van der Waals surface area (Å²) in [6.45, 7) is 1.76. The van der Waals surface area contributed by atoms with Gasteiger partial charge in [0.05, 0.1) is 25.9 Å². The van der Waals surface area contributed by atoms with E-state index in [4.69, 9.17) is 15.9 Å². The van der Waals surface area contributed by atoms with Crippen molar-refractivity contribution in [2.24, 2.45) is 0 Å². The molecule has 0 radical (unpaired) electrons. The van der Waals surface area contributed by atoms with E-state index in [0.29, 0.717) is 19.5 Å². The van der Waals surface area contributed by atoms with Crippen LogP contribution in [-0.4, -0.2) is 61.5 Å². The SMILES string of the molecule is C#CCN(C)CC[C@H]1CC[C@H](O)[C@@H](C(=O)NCc2ccc(OC)cc2)O1. The van der Waals surface area contributed by atoms with Crippen molar-refractivity contribution in [3.63, 3.8) is 0 Å². The second-order valence-corrected chi connectivity index (χ2v) is 6.62. The van der Waals surface area contributed by atoms with Gasteiger partial charge in [-0.15, -0.1) is 6.42 Å². The molecule has 1 aliphatic rings. The van der Waals surface area contributed by atoms with Crippen molar-refractivity contribution in [3.8, 4) is 18.1 Å². The number of nitrogens with zero attached hydrogens (tertiary/aromatic N) is 1. The van der Waals surface area contributed by atoms with E-state index in [1.807, 2.05) is 36.2 Å². The van der Waals surface area contributed by atoms with Gasteiger partial charge in [-0.25, -0.2) is 0 Å². The van der Waals surface area contributed by atoms with Gasteiger partial charge < -0.3 is 19.9 Å². The fourth-order valence-electron chi connectivity index (χ4n) is 2.96. The lowest BCUT2D eigenvalue weighted by atomic mass is 9.98. The number of rotatable bonds is 8. The Morgan fingerprint density at radius 1 is 1.42 bits per heavy atom. The van der Waals surface area contributed by atoms with Crippen LogP contribution in [0.1, 0.15) is 24.8 Å². The summed E-state index contributed by atoms with van der Waals surface area (Å²) < 4.78 is 11.0. The lowest BCUT2D eigenvalue weighted by molar-refractivity contribution is -0.158. The second kappa shape index (κ2) is 10.2. The van der Waals surface area contributed by atoms with Crippen molar-refractivity contribution in [2.75, 3.05) is 27.2 Å². The predicted octanol–water partition coefficient (Wildman–Crippen LogP) is 1.18. The number of aliphatic hydroxyl groups excluding tert-OH is 1. The van der Waals surface area contributed by atoms with Crippen LogP contribution in [0.25, 0.3) is 0 Å². The first-order chi connectivity index (χ1) is 12.5. The van der Waals surface area contributed by atoms with E-state index in [1.54, 1.807) is 7.11 Å². The van der Waals surface area contributed by atoms with Gasteiger partial charge in [0.2, 0.25) is 0 Å². The molecule has 1 aromatic rings. The molecule has 142 valence electrons. The minimum Gasteiger partial charge on any atom is -0.497 e. The van der Waals surface area contributed by atoms with Crippen molar-refractivity contribution in [1.29, 1.82) is 0 Å². The third kappa shape index (κ3) is 6.03. The van der Waals surface area contributed by atoms with E-state index < -0.39 is 12.2 Å². The highest BCUT2D eigenvalue weighted by Crippen LogP contribution is 2.22. The molecule has 1 fully saturated rings. The number of terminal acetylenes is 1. The van der Waals surface area contributed by atoms with Gasteiger partial charge in [0.25, 0.3) is 5.91 Å². The van der Waals surface area contributed by atoms with Crippen molar-refractivity contribution in [2.45, 2.75) is 44.1 Å². The summed E-state index contributed by atoms with van der Waals surface area (Å²) in [4.78, 5) is 14.5. The number of carbonyl (C=O) groups is 1. The predicted molar refractivity (Wildman–Crippen MR) is 99.7 cm³/mol. The normalized spacial score (nSPS) is 22.7. The molecular weight excluding hydrogens is 332 g/mol. The molecule has 0 saturated carbocycles. The number of hydrogen-bond donors (Lipinski definition) is 2. The average Bonchev–Trinajstić information content (AvgIpc) is 2.66. The number of methoxy groups -OCH3 is 1. The molecule has 0 aliphatic carbocycles. The molecule has 1 heterocycles. The zero-order valence-electron chi connectivity index (χ0n) is 15.5. The van der Waals surface area contributed by atoms with Crippen LogP contribution in [-0.2, 0) is 16.1 Å². The van der Waals surface area contributed by atoms with E-state index in [1.165, 1.54) is 0 Å². The smallest absolute Gasteiger partial charge is 0.252 e. The monoisotopic (exact) mass is 360 g/mol. The third-order valence-corrected chi connectivity index (χ3v) is 4.55. The van der Waals surface area contributed by atoms with E-state index >= 15 is 0 Å². The summed E-state index contributed by atoms with van der Waals surface area (Å²) in [6, 6.07) is 7.47. The number of benzene rings is 1. The maximum Gasteiger partial charge on any atom is 0.252 e. The lowest BCUT2D eigenvalue weighted by Gasteiger charge is -2.33. The highest BCUT2D eigenvalue weighted by molar-refractivity contribution is 5.81. The molecule has 1 amide bonds. The summed E-state index contributed by atoms with van der Waals surface area (Å²) in [7, 11) is 3.57. The summed E-state index contributed by atoms with van der Waals surface area (Å²) in [5.41, 5.74) is 0.955. The summed E-state index contributed by atoms with van der Waals surface area (Å²) in [5.74, 6) is 3.09. The molecule has 6 heteroatoms. The highest BCUT2D eigenvalue weighted by Gasteiger charge is 2.34. The Morgan fingerprint density at radius 2 is 2.15 bits per heavy atom. The molecule has 2 rings (SSSR count). The van der Waals surface area contributed by atoms with Crippen molar-refractivity contribution in [3.05, 3.63) is 29.8 Å². The molecule has 1 saturated heterocycles. The molecule has 1 aliphatic heterocycles. The van der Waals surface area contributed by atoms with Gasteiger partial charge in [0.15, 0.2) is 6.10 Å². The standard InChI is InChI=1S/C20H28N2O4/c1-4-12-22(2)13-11-17-9-10-18(23)19(26-17)20(24)21-14-15-5-7-16(25-3)8-6-15/h1,5-8,17-19,23H,9-14H2,2-3H3,(H,21,24)/t17-,18+,19+/m1/s1. The van der Waals surface area contributed by atoms with Gasteiger partial charge in [-0.2, -0.15) is 0 Å². The Balaban J connectivity index is 1.82. The van der Waals surface area contributed by atoms with Gasteiger partial charge in [0.1, 0.15) is 5.75 Å². The minimum atomic E-state index is -0.829. The molecule has 0 aromatic heterocycles. The molecule has 2 N–H and O–H groups in total. The summed E-state index contributed by atoms with van der Waals surface area (Å²) >= 11 is 0. The Bertz CT molecular complexity index is 611. The first-order valence-electron chi connectivity index (χ1n) is 8.89. The zero-order valence-corrected chi connectivity index (χ0v) is 15.5. The summed E-state index contributed by atoms with van der Waals surface area (Å²) in [6.07, 6.45) is 5.74. The number of aliphatic hydroxyl groups is 1. The number of nitrogens with one attached hydrogen (secondary N) is 1. The molecule has 1 aromatic carbocycles. The van der Waals surface area contributed by atoms with Crippen LogP contribution in [0.3, 0.4) is 0 Å². The molecule has 3 atom stereocenters. The third-order valence-electron chi connectivity index (χ3n) is 4.55. The van der Waals surface area contributed by atoms with Crippen LogP contribution in [0.4, 0.5) is 0 Å². The zero-order chi connectivity index (χ0) is 18.9. The maximum absolute atomic E-state index is 12.4. The van der Waals surface area contributed by atoms with E-state index in [2.05, 4.69) is 11.2 Å². The van der Waals surface area contributed by atoms with Gasteiger partial charge in [-0.3, -0.25) is 9.69 Å². The Kier molecular flexibility index (Phi) is 7.92. The van der Waals surface area contributed by atoms with Crippen LogP contribution in [0.15, 0.2) is 24.3 Å². The molecular formula is C20H28N2O4. The molecule has 26 heavy (non-hydrogen) atoms. The lowest BCUT2D eigenvalue weighted by Crippen LogP contribution is -2.49. The van der Waals surface area contributed by atoms with Crippen LogP contribution < -0.4 is 10.1 Å². The number of ether oxygens (including phenoxy) is 2. The van der Waals surface area contributed by atoms with Crippen LogP contribution in [0, 0.1) is 12.3 Å². The Morgan fingerprint density at radius 3 is 2.81 bits per heavy atom. The second-order valence-electron chi connectivity index (χ2n) is 6.62. The molecule has 0 spiro atoms. The summed E-state index contributed by atoms with van der Waals surface area (Å²) in [5, 5.41) is 13.0. The van der Waals surface area contributed by atoms with Crippen molar-refractivity contribution < 1.29 is 19.4 Å². The molecule has 0 unspecified atom stereocenters. The quantitative estimate of drug-likeness (QED) is 0.681. The van der Waals surface area contributed by atoms with Crippen LogP contribution in [0.2, 0.25) is 0 Å². The number of carbonyl (C=O) groups excluding carboxylic acids is 1. The highest BCUT2D eigenvalue weighted by atomic mass is 16.5. The van der Waals surface area contributed by atoms with Crippen molar-refractivity contribution in [1.82, 2.24) is 10.2 Å². The maximum atomic E-state index is 12.4. The van der Waals surface area contributed by atoms with Crippen LogP contribution in [0.5, 0.6) is 5.75 Å². The molecule has 0 bridgehead atoms. The van der Waals surface area contributed by atoms with E-state index in [0.717, 1.165) is 30.7 Å². The minimum absolute atomic E-state index is 0.0460. The fourth-order valence-corrected chi connectivity index (χ4v) is 2.96.